The van der Waals surface area contributed by atoms with Gasteiger partial charge in [-0.15, -0.1) is 11.3 Å². The Bertz CT molecular complexity index is 362. The van der Waals surface area contributed by atoms with E-state index in [4.69, 9.17) is 5.26 Å². The molecular formula is C10H11BrN2S. The van der Waals surface area contributed by atoms with E-state index in [9.17, 15) is 0 Å². The number of hydrogen-bond donors (Lipinski definition) is 1. The molecule has 0 spiro atoms. The van der Waals surface area contributed by atoms with Crippen molar-refractivity contribution < 1.29 is 0 Å². The lowest BCUT2D eigenvalue weighted by Crippen LogP contribution is -2.49. The second-order valence-electron chi connectivity index (χ2n) is 3.63. The quantitative estimate of drug-likeness (QED) is 0.917. The van der Waals surface area contributed by atoms with Gasteiger partial charge in [-0.3, -0.25) is 5.32 Å². The van der Waals surface area contributed by atoms with E-state index in [1.807, 2.05) is 0 Å². The van der Waals surface area contributed by atoms with Gasteiger partial charge in [-0.25, -0.2) is 0 Å². The van der Waals surface area contributed by atoms with Crippen LogP contribution in [0.25, 0.3) is 0 Å². The Hall–Kier alpha value is -0.370. The SMILES string of the molecule is N#CC1(NCc2cc(Br)cs2)CCC1. The van der Waals surface area contributed by atoms with Gasteiger partial charge in [0.15, 0.2) is 0 Å². The van der Waals surface area contributed by atoms with Gasteiger partial charge >= 0.3 is 0 Å². The average molecular weight is 271 g/mol. The third kappa shape index (κ3) is 2.00. The molecule has 0 unspecified atom stereocenters. The third-order valence-electron chi connectivity index (χ3n) is 2.64. The first-order valence-electron chi connectivity index (χ1n) is 4.63. The molecule has 14 heavy (non-hydrogen) atoms. The number of nitrogens with zero attached hydrogens (tertiary/aromatic N) is 1. The van der Waals surface area contributed by atoms with Gasteiger partial charge in [-0.1, -0.05) is 0 Å². The lowest BCUT2D eigenvalue weighted by Gasteiger charge is -2.35. The Morgan fingerprint density at radius 3 is 2.86 bits per heavy atom. The second kappa shape index (κ2) is 4.01. The zero-order valence-electron chi connectivity index (χ0n) is 7.72. The lowest BCUT2D eigenvalue weighted by atomic mass is 9.78. The summed E-state index contributed by atoms with van der Waals surface area (Å²) in [7, 11) is 0. The van der Waals surface area contributed by atoms with Crippen molar-refractivity contribution >= 4 is 27.3 Å². The van der Waals surface area contributed by atoms with Gasteiger partial charge < -0.3 is 0 Å². The molecule has 2 rings (SSSR count). The van der Waals surface area contributed by atoms with Gasteiger partial charge in [-0.2, -0.15) is 5.26 Å². The van der Waals surface area contributed by atoms with E-state index in [0.717, 1.165) is 23.9 Å². The van der Waals surface area contributed by atoms with Crippen LogP contribution < -0.4 is 5.32 Å². The summed E-state index contributed by atoms with van der Waals surface area (Å²) in [5.41, 5.74) is -0.226. The number of halogens is 1. The van der Waals surface area contributed by atoms with Gasteiger partial charge in [0.2, 0.25) is 0 Å². The van der Waals surface area contributed by atoms with Crippen molar-refractivity contribution in [1.29, 1.82) is 5.26 Å². The first-order chi connectivity index (χ1) is 6.74. The minimum absolute atomic E-state index is 0.226. The zero-order chi connectivity index (χ0) is 10.0. The Morgan fingerprint density at radius 1 is 1.64 bits per heavy atom. The molecular weight excluding hydrogens is 260 g/mol. The molecule has 0 bridgehead atoms. The number of thiophene rings is 1. The molecule has 4 heteroatoms. The number of rotatable bonds is 3. The predicted molar refractivity (Wildman–Crippen MR) is 61.1 cm³/mol. The van der Waals surface area contributed by atoms with Gasteiger partial charge in [0, 0.05) is 21.3 Å². The van der Waals surface area contributed by atoms with Crippen LogP contribution in [0.1, 0.15) is 24.1 Å². The molecule has 1 aromatic heterocycles. The first-order valence-corrected chi connectivity index (χ1v) is 6.31. The molecule has 0 amide bonds. The fourth-order valence-electron chi connectivity index (χ4n) is 1.56. The Labute approximate surface area is 96.1 Å². The van der Waals surface area contributed by atoms with Crippen LogP contribution in [0.3, 0.4) is 0 Å². The van der Waals surface area contributed by atoms with Crippen LogP contribution in [0, 0.1) is 11.3 Å². The largest absolute Gasteiger partial charge is 0.294 e. The summed E-state index contributed by atoms with van der Waals surface area (Å²) < 4.78 is 1.12. The lowest BCUT2D eigenvalue weighted by molar-refractivity contribution is 0.253. The van der Waals surface area contributed by atoms with Gasteiger partial charge in [0.05, 0.1) is 6.07 Å². The van der Waals surface area contributed by atoms with Crippen LogP contribution in [0.15, 0.2) is 15.9 Å². The van der Waals surface area contributed by atoms with Crippen molar-refractivity contribution in [2.75, 3.05) is 0 Å². The molecule has 1 aliphatic carbocycles. The highest BCUT2D eigenvalue weighted by atomic mass is 79.9. The third-order valence-corrected chi connectivity index (χ3v) is 4.34. The topological polar surface area (TPSA) is 35.8 Å². The molecule has 0 aliphatic heterocycles. The minimum atomic E-state index is -0.226. The number of nitrogens with one attached hydrogen (secondary N) is 1. The molecule has 0 saturated heterocycles. The van der Waals surface area contributed by atoms with E-state index >= 15 is 0 Å². The van der Waals surface area contributed by atoms with Crippen LogP contribution in [0.4, 0.5) is 0 Å². The summed E-state index contributed by atoms with van der Waals surface area (Å²) in [6, 6.07) is 4.47. The van der Waals surface area contributed by atoms with Crippen molar-refractivity contribution in [2.45, 2.75) is 31.3 Å². The fourth-order valence-corrected chi connectivity index (χ4v) is 2.95. The van der Waals surface area contributed by atoms with Crippen molar-refractivity contribution in [1.82, 2.24) is 5.32 Å². The van der Waals surface area contributed by atoms with E-state index < -0.39 is 0 Å². The number of hydrogen-bond acceptors (Lipinski definition) is 3. The van der Waals surface area contributed by atoms with Crippen molar-refractivity contribution in [3.63, 3.8) is 0 Å². The van der Waals surface area contributed by atoms with Crippen LogP contribution in [-0.4, -0.2) is 5.54 Å². The Kier molecular flexibility index (Phi) is 2.91. The van der Waals surface area contributed by atoms with Crippen molar-refractivity contribution in [3.8, 4) is 6.07 Å². The van der Waals surface area contributed by atoms with Gasteiger partial charge in [-0.05, 0) is 41.3 Å². The van der Waals surface area contributed by atoms with E-state index in [1.165, 1.54) is 11.3 Å². The first kappa shape index (κ1) is 10.2. The summed E-state index contributed by atoms with van der Waals surface area (Å²) in [5, 5.41) is 14.4. The Morgan fingerprint density at radius 2 is 2.43 bits per heavy atom. The van der Waals surface area contributed by atoms with E-state index in [2.05, 4.69) is 38.8 Å². The summed E-state index contributed by atoms with van der Waals surface area (Å²) >= 11 is 5.13. The second-order valence-corrected chi connectivity index (χ2v) is 5.54. The van der Waals surface area contributed by atoms with Gasteiger partial charge in [0.25, 0.3) is 0 Å². The molecule has 1 N–H and O–H groups in total. The van der Waals surface area contributed by atoms with Crippen LogP contribution in [0.5, 0.6) is 0 Å². The molecule has 2 nitrogen and oxygen atoms in total. The summed E-state index contributed by atoms with van der Waals surface area (Å²) in [4.78, 5) is 1.28. The standard InChI is InChI=1S/C10H11BrN2S/c11-8-4-9(14-6-8)5-13-10(7-12)2-1-3-10/h4,6,13H,1-3,5H2. The maximum absolute atomic E-state index is 9.00. The van der Waals surface area contributed by atoms with Crippen LogP contribution in [-0.2, 0) is 6.54 Å². The molecule has 1 aliphatic rings. The zero-order valence-corrected chi connectivity index (χ0v) is 10.1. The van der Waals surface area contributed by atoms with Crippen LogP contribution >= 0.6 is 27.3 Å². The molecule has 0 aromatic carbocycles. The van der Waals surface area contributed by atoms with Gasteiger partial charge in [0.1, 0.15) is 5.54 Å². The number of nitriles is 1. The molecule has 1 heterocycles. The molecule has 1 aromatic rings. The van der Waals surface area contributed by atoms with Crippen molar-refractivity contribution in [3.05, 3.63) is 20.8 Å². The monoisotopic (exact) mass is 270 g/mol. The molecule has 1 fully saturated rings. The highest BCUT2D eigenvalue weighted by Crippen LogP contribution is 2.31. The average Bonchev–Trinajstić information content (AvgIpc) is 2.50. The molecule has 74 valence electrons. The highest BCUT2D eigenvalue weighted by molar-refractivity contribution is 9.10. The van der Waals surface area contributed by atoms with E-state index in [1.54, 1.807) is 11.3 Å². The maximum atomic E-state index is 9.00. The molecule has 1 saturated carbocycles. The summed E-state index contributed by atoms with van der Waals surface area (Å²) in [5.74, 6) is 0. The van der Waals surface area contributed by atoms with Crippen molar-refractivity contribution in [2.24, 2.45) is 0 Å². The normalized spacial score (nSPS) is 18.6. The Balaban J connectivity index is 1.91. The predicted octanol–water partition coefficient (Wildman–Crippen LogP) is 3.05. The molecule has 0 atom stereocenters. The smallest absolute Gasteiger partial charge is 0.107 e. The fraction of sp³-hybridized carbons (Fsp3) is 0.500. The van der Waals surface area contributed by atoms with E-state index in [-0.39, 0.29) is 5.54 Å². The summed E-state index contributed by atoms with van der Waals surface area (Å²) in [6.45, 7) is 0.809. The van der Waals surface area contributed by atoms with Crippen LogP contribution in [0.2, 0.25) is 0 Å². The minimum Gasteiger partial charge on any atom is -0.294 e. The van der Waals surface area contributed by atoms with E-state index in [0.29, 0.717) is 0 Å². The maximum Gasteiger partial charge on any atom is 0.107 e. The molecule has 0 radical (unpaired) electrons. The highest BCUT2D eigenvalue weighted by Gasteiger charge is 2.36. The summed E-state index contributed by atoms with van der Waals surface area (Å²) in [6.07, 6.45) is 3.17.